The molecule has 5 heteroatoms. The van der Waals surface area contributed by atoms with Crippen molar-refractivity contribution in [1.29, 1.82) is 0 Å². The highest BCUT2D eigenvalue weighted by molar-refractivity contribution is 5.70. The number of hydrogen-bond donors (Lipinski definition) is 1. The zero-order chi connectivity index (χ0) is 47.0. The smallest absolute Gasteiger partial charge is 0.306 e. The van der Waals surface area contributed by atoms with Gasteiger partial charge >= 0.3 is 11.9 Å². The molecule has 1 atom stereocenters. The summed E-state index contributed by atoms with van der Waals surface area (Å²) < 4.78 is 10.7. The molecule has 0 heterocycles. The first-order chi connectivity index (χ1) is 32.1. The zero-order valence-electron chi connectivity index (χ0n) is 43.5. The van der Waals surface area contributed by atoms with Gasteiger partial charge in [-0.05, 0) is 70.6 Å². The largest absolute Gasteiger partial charge is 0.462 e. The Morgan fingerprint density at radius 1 is 0.354 bits per heavy atom. The van der Waals surface area contributed by atoms with Crippen molar-refractivity contribution >= 4 is 11.9 Å². The molecule has 1 unspecified atom stereocenters. The molecule has 0 aromatic rings. The van der Waals surface area contributed by atoms with Crippen LogP contribution in [0, 0.1) is 0 Å². The second kappa shape index (κ2) is 56.2. The molecule has 0 amide bonds. The van der Waals surface area contributed by atoms with Crippen LogP contribution in [-0.2, 0) is 19.1 Å². The molecule has 0 saturated heterocycles. The van der Waals surface area contributed by atoms with E-state index in [1.807, 2.05) is 0 Å². The molecule has 0 fully saturated rings. The molecule has 0 radical (unpaired) electrons. The van der Waals surface area contributed by atoms with Crippen LogP contribution in [0.15, 0.2) is 48.6 Å². The Morgan fingerprint density at radius 2 is 0.631 bits per heavy atom. The molecule has 0 rings (SSSR count). The molecule has 0 saturated carbocycles. The van der Waals surface area contributed by atoms with Crippen molar-refractivity contribution in [2.75, 3.05) is 13.2 Å². The SMILES string of the molecule is CCCC/C=C\C/C=C\CCCCCCCC(=O)OCC(CO)OC(=O)CCCCCCCCCCCCCCCCCCCCCCCCCCC/C=C\C/C=C\CCCCCCC. The van der Waals surface area contributed by atoms with Crippen molar-refractivity contribution in [2.45, 2.75) is 309 Å². The fourth-order valence-electron chi connectivity index (χ4n) is 8.49. The Kier molecular flexibility index (Phi) is 54.3. The van der Waals surface area contributed by atoms with Crippen molar-refractivity contribution in [3.63, 3.8) is 0 Å². The summed E-state index contributed by atoms with van der Waals surface area (Å²) in [5, 5.41) is 9.62. The summed E-state index contributed by atoms with van der Waals surface area (Å²) in [6, 6.07) is 0. The van der Waals surface area contributed by atoms with Crippen LogP contribution in [0.25, 0.3) is 0 Å². The maximum Gasteiger partial charge on any atom is 0.306 e. The van der Waals surface area contributed by atoms with Gasteiger partial charge in [-0.1, -0.05) is 268 Å². The molecule has 0 aliphatic carbocycles. The molecule has 0 aliphatic heterocycles. The lowest BCUT2D eigenvalue weighted by molar-refractivity contribution is -0.161. The van der Waals surface area contributed by atoms with Crippen LogP contribution in [-0.4, -0.2) is 36.4 Å². The van der Waals surface area contributed by atoms with E-state index in [2.05, 4.69) is 62.5 Å². The Hall–Kier alpha value is -2.14. The van der Waals surface area contributed by atoms with Gasteiger partial charge in [0.15, 0.2) is 6.10 Å². The van der Waals surface area contributed by atoms with Crippen LogP contribution < -0.4 is 0 Å². The summed E-state index contributed by atoms with van der Waals surface area (Å²) >= 11 is 0. The molecule has 0 aromatic carbocycles. The molecular formula is C60H110O5. The summed E-state index contributed by atoms with van der Waals surface area (Å²) in [6.45, 7) is 4.10. The van der Waals surface area contributed by atoms with Crippen molar-refractivity contribution in [3.05, 3.63) is 48.6 Å². The zero-order valence-corrected chi connectivity index (χ0v) is 43.5. The first-order valence-electron chi connectivity index (χ1n) is 28.7. The van der Waals surface area contributed by atoms with Crippen LogP contribution >= 0.6 is 0 Å². The van der Waals surface area contributed by atoms with E-state index in [4.69, 9.17) is 9.47 Å². The highest BCUT2D eigenvalue weighted by atomic mass is 16.6. The molecule has 0 spiro atoms. The third-order valence-electron chi connectivity index (χ3n) is 12.8. The van der Waals surface area contributed by atoms with E-state index in [0.717, 1.165) is 57.8 Å². The first kappa shape index (κ1) is 62.9. The summed E-state index contributed by atoms with van der Waals surface area (Å²) in [5.41, 5.74) is 0. The van der Waals surface area contributed by atoms with Crippen molar-refractivity contribution < 1.29 is 24.2 Å². The van der Waals surface area contributed by atoms with Gasteiger partial charge in [0.05, 0.1) is 6.61 Å². The van der Waals surface area contributed by atoms with Gasteiger partial charge in [0.25, 0.3) is 0 Å². The number of aliphatic hydroxyl groups is 1. The van der Waals surface area contributed by atoms with Gasteiger partial charge in [-0.3, -0.25) is 9.59 Å². The van der Waals surface area contributed by atoms with Gasteiger partial charge in [-0.15, -0.1) is 0 Å². The summed E-state index contributed by atoms with van der Waals surface area (Å²) in [6.07, 6.45) is 74.0. The second-order valence-electron chi connectivity index (χ2n) is 19.4. The number of ether oxygens (including phenoxy) is 2. The summed E-state index contributed by atoms with van der Waals surface area (Å²) in [5.74, 6) is -0.595. The van der Waals surface area contributed by atoms with Gasteiger partial charge in [0.1, 0.15) is 6.61 Å². The molecule has 1 N–H and O–H groups in total. The maximum atomic E-state index is 12.3. The average Bonchev–Trinajstić information content (AvgIpc) is 3.31. The number of esters is 2. The highest BCUT2D eigenvalue weighted by Gasteiger charge is 2.16. The van der Waals surface area contributed by atoms with E-state index >= 15 is 0 Å². The lowest BCUT2D eigenvalue weighted by atomic mass is 10.0. The maximum absolute atomic E-state index is 12.3. The van der Waals surface area contributed by atoms with E-state index < -0.39 is 6.10 Å². The number of hydrogen-bond acceptors (Lipinski definition) is 5. The van der Waals surface area contributed by atoms with Gasteiger partial charge < -0.3 is 14.6 Å². The van der Waals surface area contributed by atoms with Gasteiger partial charge in [0.2, 0.25) is 0 Å². The van der Waals surface area contributed by atoms with Crippen LogP contribution in [0.1, 0.15) is 303 Å². The Labute approximate surface area is 405 Å². The Balaban J connectivity index is 3.38. The lowest BCUT2D eigenvalue weighted by Gasteiger charge is -2.15. The molecule has 0 aromatic heterocycles. The van der Waals surface area contributed by atoms with Gasteiger partial charge in [0, 0.05) is 12.8 Å². The van der Waals surface area contributed by atoms with Crippen LogP contribution in [0.3, 0.4) is 0 Å². The minimum Gasteiger partial charge on any atom is -0.462 e. The summed E-state index contributed by atoms with van der Waals surface area (Å²) in [4.78, 5) is 24.4. The van der Waals surface area contributed by atoms with E-state index in [9.17, 15) is 14.7 Å². The molecule has 0 bridgehead atoms. The number of carbonyl (C=O) groups excluding carboxylic acids is 2. The van der Waals surface area contributed by atoms with E-state index in [1.54, 1.807) is 0 Å². The fraction of sp³-hybridized carbons (Fsp3) is 0.833. The number of allylic oxidation sites excluding steroid dienone is 8. The summed E-state index contributed by atoms with van der Waals surface area (Å²) in [7, 11) is 0. The van der Waals surface area contributed by atoms with Crippen molar-refractivity contribution in [2.24, 2.45) is 0 Å². The van der Waals surface area contributed by atoms with Gasteiger partial charge in [-0.25, -0.2) is 0 Å². The highest BCUT2D eigenvalue weighted by Crippen LogP contribution is 2.17. The number of rotatable bonds is 53. The van der Waals surface area contributed by atoms with E-state index in [0.29, 0.717) is 12.8 Å². The minimum atomic E-state index is -0.776. The van der Waals surface area contributed by atoms with Crippen LogP contribution in [0.5, 0.6) is 0 Å². The third-order valence-corrected chi connectivity index (χ3v) is 12.8. The van der Waals surface area contributed by atoms with Gasteiger partial charge in [-0.2, -0.15) is 0 Å². The second-order valence-corrected chi connectivity index (χ2v) is 19.4. The fourth-order valence-corrected chi connectivity index (χ4v) is 8.49. The lowest BCUT2D eigenvalue weighted by Crippen LogP contribution is -2.28. The normalized spacial score (nSPS) is 12.5. The topological polar surface area (TPSA) is 72.8 Å². The first-order valence-corrected chi connectivity index (χ1v) is 28.7. The third kappa shape index (κ3) is 54.4. The standard InChI is InChI=1S/C60H110O5/c1-3-5-7-9-11-13-15-17-19-20-21-22-23-24-25-26-27-28-29-30-31-32-33-34-35-36-37-38-39-40-41-43-45-47-49-51-53-55-60(63)65-58(56-61)57-64-59(62)54-52-50-48-46-44-42-18-16-14-12-10-8-6-4-2/h10,12,15-18,20-21,58,61H,3-9,11,13-14,19,22-57H2,1-2H3/b12-10-,17-15-,18-16-,21-20-. The average molecular weight is 912 g/mol. The van der Waals surface area contributed by atoms with Crippen LogP contribution in [0.2, 0.25) is 0 Å². The molecule has 380 valence electrons. The number of carbonyl (C=O) groups is 2. The van der Waals surface area contributed by atoms with E-state index in [1.165, 1.54) is 218 Å². The molecule has 5 nitrogen and oxygen atoms in total. The predicted molar refractivity (Wildman–Crippen MR) is 284 cm³/mol. The minimum absolute atomic E-state index is 0.0703. The molecule has 65 heavy (non-hydrogen) atoms. The van der Waals surface area contributed by atoms with Crippen molar-refractivity contribution in [1.82, 2.24) is 0 Å². The number of aliphatic hydroxyl groups excluding tert-OH is 1. The van der Waals surface area contributed by atoms with Crippen molar-refractivity contribution in [3.8, 4) is 0 Å². The molecule has 0 aliphatic rings. The van der Waals surface area contributed by atoms with E-state index in [-0.39, 0.29) is 25.2 Å². The molecular weight excluding hydrogens is 801 g/mol. The monoisotopic (exact) mass is 911 g/mol. The van der Waals surface area contributed by atoms with Crippen LogP contribution in [0.4, 0.5) is 0 Å². The Morgan fingerprint density at radius 3 is 0.954 bits per heavy atom. The number of unbranched alkanes of at least 4 members (excludes halogenated alkanes) is 37. The Bertz CT molecular complexity index is 1080. The predicted octanol–water partition coefficient (Wildman–Crippen LogP) is 19.3. The quantitative estimate of drug-likeness (QED) is 0.0374.